The van der Waals surface area contributed by atoms with E-state index < -0.39 is 0 Å². The lowest BCUT2D eigenvalue weighted by Crippen LogP contribution is -2.50. The molecule has 18 heavy (non-hydrogen) atoms. The van der Waals surface area contributed by atoms with E-state index in [0.29, 0.717) is 31.9 Å². The number of pyridine rings is 1. The molecule has 6 heteroatoms. The molecule has 0 aliphatic carbocycles. The van der Waals surface area contributed by atoms with Gasteiger partial charge < -0.3 is 15.5 Å². The third-order valence-electron chi connectivity index (χ3n) is 3.05. The van der Waals surface area contributed by atoms with Crippen molar-refractivity contribution in [3.05, 3.63) is 24.0 Å². The van der Waals surface area contributed by atoms with Crippen molar-refractivity contribution < 1.29 is 9.59 Å². The number of nitrogens with two attached hydrogens (primary N) is 1. The topological polar surface area (TPSA) is 79.5 Å². The summed E-state index contributed by atoms with van der Waals surface area (Å²) in [5.74, 6) is -0.129. The van der Waals surface area contributed by atoms with Gasteiger partial charge in [0.1, 0.15) is 0 Å². The fraction of sp³-hybridized carbons (Fsp3) is 0.417. The van der Waals surface area contributed by atoms with Gasteiger partial charge in [0.25, 0.3) is 5.91 Å². The molecule has 1 aromatic rings. The quantitative estimate of drug-likeness (QED) is 0.756. The van der Waals surface area contributed by atoms with E-state index in [1.54, 1.807) is 28.1 Å². The van der Waals surface area contributed by atoms with Gasteiger partial charge in [-0.2, -0.15) is 0 Å². The zero-order valence-corrected chi connectivity index (χ0v) is 10.3. The Morgan fingerprint density at radius 2 is 1.83 bits per heavy atom. The summed E-state index contributed by atoms with van der Waals surface area (Å²) < 4.78 is 0. The van der Waals surface area contributed by atoms with Gasteiger partial charge in [-0.05, 0) is 12.1 Å². The third-order valence-corrected chi connectivity index (χ3v) is 3.05. The molecule has 6 nitrogen and oxygen atoms in total. The van der Waals surface area contributed by atoms with E-state index in [0.717, 1.165) is 0 Å². The van der Waals surface area contributed by atoms with Gasteiger partial charge in [-0.15, -0.1) is 0 Å². The van der Waals surface area contributed by atoms with Crippen molar-refractivity contribution in [3.8, 4) is 0 Å². The molecule has 0 atom stereocenters. The number of anilines is 1. The van der Waals surface area contributed by atoms with Crippen LogP contribution >= 0.6 is 0 Å². The first kappa shape index (κ1) is 12.3. The van der Waals surface area contributed by atoms with Crippen LogP contribution in [0.2, 0.25) is 0 Å². The highest BCUT2D eigenvalue weighted by Crippen LogP contribution is 2.12. The highest BCUT2D eigenvalue weighted by atomic mass is 16.2. The number of carbonyl (C=O) groups is 2. The second-order valence-electron chi connectivity index (χ2n) is 4.24. The number of amides is 2. The predicted octanol–water partition coefficient (Wildman–Crippen LogP) is -0.0319. The molecule has 0 saturated carbocycles. The molecule has 2 amide bonds. The monoisotopic (exact) mass is 248 g/mol. The Morgan fingerprint density at radius 1 is 1.22 bits per heavy atom. The van der Waals surface area contributed by atoms with E-state index in [2.05, 4.69) is 4.98 Å². The van der Waals surface area contributed by atoms with Gasteiger partial charge in [0.05, 0.1) is 5.69 Å². The van der Waals surface area contributed by atoms with Crippen molar-refractivity contribution in [1.82, 2.24) is 14.8 Å². The van der Waals surface area contributed by atoms with Crippen LogP contribution in [0.1, 0.15) is 17.4 Å². The lowest BCUT2D eigenvalue weighted by atomic mass is 10.2. The Balaban J connectivity index is 2.04. The van der Waals surface area contributed by atoms with Gasteiger partial charge in [-0.1, -0.05) is 0 Å². The Morgan fingerprint density at radius 3 is 2.39 bits per heavy atom. The third kappa shape index (κ3) is 2.42. The van der Waals surface area contributed by atoms with Gasteiger partial charge in [-0.3, -0.25) is 9.59 Å². The van der Waals surface area contributed by atoms with Gasteiger partial charge in [0, 0.05) is 39.3 Å². The Bertz CT molecular complexity index is 467. The summed E-state index contributed by atoms with van der Waals surface area (Å²) in [6.07, 6.45) is 1.55. The molecule has 1 aromatic heterocycles. The minimum atomic E-state index is -0.170. The van der Waals surface area contributed by atoms with Gasteiger partial charge in [0.2, 0.25) is 5.91 Å². The van der Waals surface area contributed by atoms with Crippen LogP contribution < -0.4 is 5.73 Å². The van der Waals surface area contributed by atoms with Crippen molar-refractivity contribution in [2.75, 3.05) is 31.9 Å². The van der Waals surface area contributed by atoms with Crippen LogP contribution in [0.25, 0.3) is 0 Å². The standard InChI is InChI=1S/C12H16N4O2/c1-9(17)15-5-7-16(8-6-15)12(18)11-10(13)3-2-4-14-11/h2-4H,5-8,13H2,1H3. The van der Waals surface area contributed by atoms with Crippen molar-refractivity contribution in [2.24, 2.45) is 0 Å². The van der Waals surface area contributed by atoms with E-state index in [1.165, 1.54) is 6.92 Å². The molecule has 96 valence electrons. The number of hydrogen-bond donors (Lipinski definition) is 1. The zero-order chi connectivity index (χ0) is 13.1. The summed E-state index contributed by atoms with van der Waals surface area (Å²) in [5, 5.41) is 0. The summed E-state index contributed by atoms with van der Waals surface area (Å²) in [4.78, 5) is 30.8. The Kier molecular flexibility index (Phi) is 3.45. The number of aromatic nitrogens is 1. The molecular weight excluding hydrogens is 232 g/mol. The highest BCUT2D eigenvalue weighted by molar-refractivity contribution is 5.97. The number of rotatable bonds is 1. The molecule has 1 fully saturated rings. The van der Waals surface area contributed by atoms with E-state index in [-0.39, 0.29) is 17.5 Å². The minimum Gasteiger partial charge on any atom is -0.397 e. The number of nitrogens with zero attached hydrogens (tertiary/aromatic N) is 3. The van der Waals surface area contributed by atoms with E-state index >= 15 is 0 Å². The average Bonchev–Trinajstić information content (AvgIpc) is 2.38. The maximum absolute atomic E-state index is 12.2. The van der Waals surface area contributed by atoms with Gasteiger partial charge >= 0.3 is 0 Å². The summed E-state index contributed by atoms with van der Waals surface area (Å²) in [6, 6.07) is 3.35. The van der Waals surface area contributed by atoms with Crippen LogP contribution in [0.15, 0.2) is 18.3 Å². The maximum Gasteiger partial charge on any atom is 0.274 e. The predicted molar refractivity (Wildman–Crippen MR) is 66.8 cm³/mol. The zero-order valence-electron chi connectivity index (χ0n) is 10.3. The molecular formula is C12H16N4O2. The molecule has 0 unspecified atom stereocenters. The fourth-order valence-corrected chi connectivity index (χ4v) is 1.97. The summed E-state index contributed by atoms with van der Waals surface area (Å²) >= 11 is 0. The lowest BCUT2D eigenvalue weighted by Gasteiger charge is -2.34. The molecule has 0 radical (unpaired) electrons. The lowest BCUT2D eigenvalue weighted by molar-refractivity contribution is -0.130. The number of carbonyl (C=O) groups excluding carboxylic acids is 2. The first-order chi connectivity index (χ1) is 8.59. The molecule has 2 rings (SSSR count). The van der Waals surface area contributed by atoms with Crippen molar-refractivity contribution in [3.63, 3.8) is 0 Å². The van der Waals surface area contributed by atoms with Crippen LogP contribution in [0.3, 0.4) is 0 Å². The van der Waals surface area contributed by atoms with E-state index in [4.69, 9.17) is 5.73 Å². The largest absolute Gasteiger partial charge is 0.397 e. The highest BCUT2D eigenvalue weighted by Gasteiger charge is 2.24. The second-order valence-corrected chi connectivity index (χ2v) is 4.24. The normalized spacial score (nSPS) is 15.6. The minimum absolute atomic E-state index is 0.0412. The van der Waals surface area contributed by atoms with Crippen LogP contribution in [-0.4, -0.2) is 52.8 Å². The molecule has 1 aliphatic rings. The summed E-state index contributed by atoms with van der Waals surface area (Å²) in [6.45, 7) is 3.71. The number of hydrogen-bond acceptors (Lipinski definition) is 4. The molecule has 2 heterocycles. The molecule has 0 bridgehead atoms. The molecule has 1 aliphatic heterocycles. The molecule has 0 spiro atoms. The Labute approximate surface area is 105 Å². The van der Waals surface area contributed by atoms with Crippen molar-refractivity contribution in [1.29, 1.82) is 0 Å². The molecule has 0 aromatic carbocycles. The van der Waals surface area contributed by atoms with Crippen molar-refractivity contribution >= 4 is 17.5 Å². The first-order valence-electron chi connectivity index (χ1n) is 5.85. The summed E-state index contributed by atoms with van der Waals surface area (Å²) in [7, 11) is 0. The van der Waals surface area contributed by atoms with Crippen molar-refractivity contribution in [2.45, 2.75) is 6.92 Å². The SMILES string of the molecule is CC(=O)N1CCN(C(=O)c2ncccc2N)CC1. The van der Waals surface area contributed by atoms with Crippen LogP contribution in [0, 0.1) is 0 Å². The van der Waals surface area contributed by atoms with Crippen LogP contribution in [-0.2, 0) is 4.79 Å². The Hall–Kier alpha value is -2.11. The van der Waals surface area contributed by atoms with E-state index in [9.17, 15) is 9.59 Å². The first-order valence-corrected chi connectivity index (χ1v) is 5.85. The average molecular weight is 248 g/mol. The van der Waals surface area contributed by atoms with Gasteiger partial charge in [-0.25, -0.2) is 4.98 Å². The fourth-order valence-electron chi connectivity index (χ4n) is 1.97. The number of nitrogen functional groups attached to an aromatic ring is 1. The molecule has 2 N–H and O–H groups in total. The summed E-state index contributed by atoms with van der Waals surface area (Å²) in [5.41, 5.74) is 6.40. The van der Waals surface area contributed by atoms with Gasteiger partial charge in [0.15, 0.2) is 5.69 Å². The molecule has 1 saturated heterocycles. The smallest absolute Gasteiger partial charge is 0.274 e. The maximum atomic E-state index is 12.2. The van der Waals surface area contributed by atoms with Crippen LogP contribution in [0.5, 0.6) is 0 Å². The van der Waals surface area contributed by atoms with E-state index in [1.807, 2.05) is 0 Å². The van der Waals surface area contributed by atoms with Crippen LogP contribution in [0.4, 0.5) is 5.69 Å². The number of piperazine rings is 1. The second kappa shape index (κ2) is 5.03.